The number of carboxylic acids is 1. The molecule has 0 aliphatic rings. The van der Waals surface area contributed by atoms with E-state index in [0.717, 1.165) is 11.3 Å². The highest BCUT2D eigenvalue weighted by Gasteiger charge is 2.09. The number of ether oxygens (including phenoxy) is 1. The first-order valence-electron chi connectivity index (χ1n) is 5.59. The molecule has 0 radical (unpaired) electrons. The summed E-state index contributed by atoms with van der Waals surface area (Å²) in [5, 5.41) is 17.8. The van der Waals surface area contributed by atoms with Gasteiger partial charge in [0.2, 0.25) is 0 Å². The van der Waals surface area contributed by atoms with Gasteiger partial charge in [-0.2, -0.15) is 0 Å². The van der Waals surface area contributed by atoms with Crippen molar-refractivity contribution in [3.63, 3.8) is 0 Å². The lowest BCUT2D eigenvalue weighted by molar-refractivity contribution is -0.139. The van der Waals surface area contributed by atoms with E-state index in [2.05, 4.69) is 0 Å². The number of carboxylic acid groups (broad SMARTS) is 1. The van der Waals surface area contributed by atoms with Gasteiger partial charge in [-0.25, -0.2) is 0 Å². The van der Waals surface area contributed by atoms with Crippen molar-refractivity contribution in [3.8, 4) is 5.75 Å². The molecule has 0 heterocycles. The van der Waals surface area contributed by atoms with E-state index in [4.69, 9.17) is 9.84 Å². The molecule has 0 fully saturated rings. The predicted octanol–water partition coefficient (Wildman–Crippen LogP) is 1.91. The summed E-state index contributed by atoms with van der Waals surface area (Å²) in [6.07, 6.45) is -0.770. The SMILES string of the molecule is Cc1ccc(OCCC(O)CC(=O)O)c(C)c1. The van der Waals surface area contributed by atoms with Crippen LogP contribution in [0.1, 0.15) is 24.0 Å². The van der Waals surface area contributed by atoms with Crippen LogP contribution in [-0.4, -0.2) is 28.9 Å². The molecule has 0 bridgehead atoms. The smallest absolute Gasteiger partial charge is 0.305 e. The van der Waals surface area contributed by atoms with Crippen LogP contribution in [0.3, 0.4) is 0 Å². The Morgan fingerprint density at radius 1 is 1.41 bits per heavy atom. The first kappa shape index (κ1) is 13.5. The third-order valence-corrected chi connectivity index (χ3v) is 2.45. The van der Waals surface area contributed by atoms with Crippen LogP contribution in [0, 0.1) is 13.8 Å². The van der Waals surface area contributed by atoms with Gasteiger partial charge < -0.3 is 14.9 Å². The van der Waals surface area contributed by atoms with E-state index < -0.39 is 12.1 Å². The van der Waals surface area contributed by atoms with Gasteiger partial charge in [-0.05, 0) is 25.5 Å². The summed E-state index contributed by atoms with van der Waals surface area (Å²) >= 11 is 0. The van der Waals surface area contributed by atoms with Crippen molar-refractivity contribution < 1.29 is 19.7 Å². The van der Waals surface area contributed by atoms with Crippen molar-refractivity contribution in [1.29, 1.82) is 0 Å². The number of aliphatic hydroxyl groups is 1. The highest BCUT2D eigenvalue weighted by atomic mass is 16.5. The second kappa shape index (κ2) is 6.25. The largest absolute Gasteiger partial charge is 0.493 e. The summed E-state index contributed by atoms with van der Waals surface area (Å²) in [5.41, 5.74) is 2.21. The summed E-state index contributed by atoms with van der Waals surface area (Å²) < 4.78 is 5.49. The molecule has 94 valence electrons. The van der Waals surface area contributed by atoms with Crippen molar-refractivity contribution in [2.24, 2.45) is 0 Å². The van der Waals surface area contributed by atoms with Crippen molar-refractivity contribution in [2.75, 3.05) is 6.61 Å². The number of aliphatic carboxylic acids is 1. The summed E-state index contributed by atoms with van der Waals surface area (Å²) in [7, 11) is 0. The molecule has 17 heavy (non-hydrogen) atoms. The molecule has 4 heteroatoms. The van der Waals surface area contributed by atoms with E-state index in [9.17, 15) is 9.90 Å². The topological polar surface area (TPSA) is 66.8 Å². The minimum Gasteiger partial charge on any atom is -0.493 e. The number of aliphatic hydroxyl groups excluding tert-OH is 1. The molecule has 4 nitrogen and oxygen atoms in total. The van der Waals surface area contributed by atoms with Crippen LogP contribution in [0.4, 0.5) is 0 Å². The third kappa shape index (κ3) is 4.87. The lowest BCUT2D eigenvalue weighted by atomic mass is 10.1. The Labute approximate surface area is 101 Å². The fraction of sp³-hybridized carbons (Fsp3) is 0.462. The van der Waals surface area contributed by atoms with Gasteiger partial charge in [0.25, 0.3) is 0 Å². The van der Waals surface area contributed by atoms with Crippen LogP contribution >= 0.6 is 0 Å². The van der Waals surface area contributed by atoms with Crippen LogP contribution in [0.5, 0.6) is 5.75 Å². The maximum Gasteiger partial charge on any atom is 0.305 e. The van der Waals surface area contributed by atoms with E-state index in [1.54, 1.807) is 0 Å². The Bertz CT molecular complexity index is 387. The second-order valence-corrected chi connectivity index (χ2v) is 4.16. The number of hydrogen-bond donors (Lipinski definition) is 2. The second-order valence-electron chi connectivity index (χ2n) is 4.16. The van der Waals surface area contributed by atoms with Crippen LogP contribution in [0.2, 0.25) is 0 Å². The molecule has 0 spiro atoms. The van der Waals surface area contributed by atoms with Crippen LogP contribution in [-0.2, 0) is 4.79 Å². The van der Waals surface area contributed by atoms with Gasteiger partial charge >= 0.3 is 5.97 Å². The van der Waals surface area contributed by atoms with Crippen molar-refractivity contribution in [3.05, 3.63) is 29.3 Å². The molecule has 1 aromatic carbocycles. The van der Waals surface area contributed by atoms with Crippen molar-refractivity contribution >= 4 is 5.97 Å². The molecule has 0 amide bonds. The molecule has 0 aromatic heterocycles. The van der Waals surface area contributed by atoms with Crippen molar-refractivity contribution in [2.45, 2.75) is 32.8 Å². The Morgan fingerprint density at radius 3 is 2.71 bits per heavy atom. The van der Waals surface area contributed by atoms with Crippen LogP contribution < -0.4 is 4.74 Å². The highest BCUT2D eigenvalue weighted by Crippen LogP contribution is 2.19. The average molecular weight is 238 g/mol. The molecule has 1 atom stereocenters. The van der Waals surface area contributed by atoms with Gasteiger partial charge in [0.15, 0.2) is 0 Å². The monoisotopic (exact) mass is 238 g/mol. The number of aryl methyl sites for hydroxylation is 2. The minimum atomic E-state index is -0.996. The molecule has 1 unspecified atom stereocenters. The van der Waals surface area contributed by atoms with E-state index >= 15 is 0 Å². The number of rotatable bonds is 6. The van der Waals surface area contributed by atoms with E-state index in [1.807, 2.05) is 32.0 Å². The molecule has 2 N–H and O–H groups in total. The van der Waals surface area contributed by atoms with Gasteiger partial charge in [-0.3, -0.25) is 4.79 Å². The Morgan fingerprint density at radius 2 is 2.12 bits per heavy atom. The Kier molecular flexibility index (Phi) is 4.97. The number of benzene rings is 1. The lowest BCUT2D eigenvalue weighted by Gasteiger charge is -2.11. The number of hydrogen-bond acceptors (Lipinski definition) is 3. The molecule has 0 aliphatic carbocycles. The predicted molar refractivity (Wildman–Crippen MR) is 64.3 cm³/mol. The molecule has 0 saturated heterocycles. The molecular formula is C13H18O4. The van der Waals surface area contributed by atoms with E-state index in [-0.39, 0.29) is 6.42 Å². The molecule has 1 rings (SSSR count). The van der Waals surface area contributed by atoms with Gasteiger partial charge in [-0.1, -0.05) is 17.7 Å². The van der Waals surface area contributed by atoms with Crippen molar-refractivity contribution in [1.82, 2.24) is 0 Å². The lowest BCUT2D eigenvalue weighted by Crippen LogP contribution is -2.16. The first-order valence-corrected chi connectivity index (χ1v) is 5.59. The van der Waals surface area contributed by atoms with Crippen LogP contribution in [0.15, 0.2) is 18.2 Å². The normalized spacial score (nSPS) is 12.2. The summed E-state index contributed by atoms with van der Waals surface area (Å²) in [6.45, 7) is 4.28. The molecule has 1 aromatic rings. The summed E-state index contributed by atoms with van der Waals surface area (Å²) in [4.78, 5) is 10.3. The van der Waals surface area contributed by atoms with E-state index in [0.29, 0.717) is 13.0 Å². The maximum atomic E-state index is 10.3. The molecule has 0 aliphatic heterocycles. The molecule has 0 saturated carbocycles. The summed E-state index contributed by atoms with van der Waals surface area (Å²) in [5.74, 6) is -0.220. The number of carbonyl (C=O) groups is 1. The van der Waals surface area contributed by atoms with Gasteiger partial charge in [0, 0.05) is 6.42 Å². The zero-order valence-electron chi connectivity index (χ0n) is 10.1. The zero-order valence-corrected chi connectivity index (χ0v) is 10.1. The standard InChI is InChI=1S/C13H18O4/c1-9-3-4-12(10(2)7-9)17-6-5-11(14)8-13(15)16/h3-4,7,11,14H,5-6,8H2,1-2H3,(H,15,16). The molecular weight excluding hydrogens is 220 g/mol. The maximum absolute atomic E-state index is 10.3. The van der Waals surface area contributed by atoms with Gasteiger partial charge in [0.1, 0.15) is 5.75 Å². The van der Waals surface area contributed by atoms with E-state index in [1.165, 1.54) is 5.56 Å². The third-order valence-electron chi connectivity index (χ3n) is 2.45. The van der Waals surface area contributed by atoms with Crippen LogP contribution in [0.25, 0.3) is 0 Å². The van der Waals surface area contributed by atoms with Gasteiger partial charge in [-0.15, -0.1) is 0 Å². The fourth-order valence-electron chi connectivity index (χ4n) is 1.57. The minimum absolute atomic E-state index is 0.240. The van der Waals surface area contributed by atoms with Gasteiger partial charge in [0.05, 0.1) is 19.1 Å². The first-order chi connectivity index (χ1) is 7.99. The zero-order chi connectivity index (χ0) is 12.8. The quantitative estimate of drug-likeness (QED) is 0.794. The summed E-state index contributed by atoms with van der Waals surface area (Å²) in [6, 6.07) is 5.85. The Hall–Kier alpha value is -1.55. The fourth-order valence-corrected chi connectivity index (χ4v) is 1.57. The average Bonchev–Trinajstić information content (AvgIpc) is 2.20. The Balaban J connectivity index is 2.38. The highest BCUT2D eigenvalue weighted by molar-refractivity contribution is 5.67.